The molecule has 6 nitrogen and oxygen atoms in total. The summed E-state index contributed by atoms with van der Waals surface area (Å²) in [7, 11) is 1.71. The van der Waals surface area contributed by atoms with Crippen LogP contribution >= 0.6 is 0 Å². The lowest BCUT2D eigenvalue weighted by molar-refractivity contribution is 0.0362. The molecule has 1 amide bonds. The number of carbonyl (C=O) groups excluding carboxylic acids is 1. The number of likely N-dealkylation sites (tertiary alicyclic amines) is 1. The van der Waals surface area contributed by atoms with Gasteiger partial charge >= 0.3 is 0 Å². The minimum Gasteiger partial charge on any atom is -0.497 e. The molecule has 41 heavy (non-hydrogen) atoms. The van der Waals surface area contributed by atoms with Crippen LogP contribution in [0, 0.1) is 5.41 Å². The lowest BCUT2D eigenvalue weighted by Gasteiger charge is -2.45. The van der Waals surface area contributed by atoms with Gasteiger partial charge in [-0.15, -0.1) is 0 Å². The van der Waals surface area contributed by atoms with Crippen LogP contribution in [0.25, 0.3) is 10.9 Å². The molecule has 1 fully saturated rings. The maximum absolute atomic E-state index is 13.6. The third-order valence-corrected chi connectivity index (χ3v) is 9.10. The van der Waals surface area contributed by atoms with Crippen LogP contribution in [0.4, 0.5) is 0 Å². The van der Waals surface area contributed by atoms with E-state index >= 15 is 0 Å². The first-order valence-corrected chi connectivity index (χ1v) is 15.0. The first kappa shape index (κ1) is 27.4. The van der Waals surface area contributed by atoms with Crippen molar-refractivity contribution in [1.82, 2.24) is 14.8 Å². The quantitative estimate of drug-likeness (QED) is 0.306. The SMILES string of the molecule is COc1ccc(CN2CCOc3ccccc3CCCCC3(CCN(C(=O)c4cccc5[nH]ccc45)CC3)C2)cc1. The number of methoxy groups -OCH3 is 1. The largest absolute Gasteiger partial charge is 0.497 e. The van der Waals surface area contributed by atoms with E-state index in [1.54, 1.807) is 7.11 Å². The summed E-state index contributed by atoms with van der Waals surface area (Å²) in [5.74, 6) is 2.06. The molecule has 0 unspecified atom stereocenters. The minimum atomic E-state index is 0.151. The first-order chi connectivity index (χ1) is 20.1. The van der Waals surface area contributed by atoms with Gasteiger partial charge in [0.1, 0.15) is 18.1 Å². The van der Waals surface area contributed by atoms with Gasteiger partial charge in [0, 0.05) is 55.4 Å². The standard InChI is InChI=1S/C35H41N3O3/c1-40-29-14-12-27(13-15-29)25-37-23-24-41-33-11-3-2-7-28(33)8-4-5-17-35(26-37)18-21-38(22-19-35)34(39)31-9-6-10-32-30(31)16-20-36-32/h2-3,6-7,9-16,20,36H,4-5,8,17-19,21-26H2,1H3. The predicted octanol–water partition coefficient (Wildman–Crippen LogP) is 6.71. The van der Waals surface area contributed by atoms with Crippen LogP contribution in [0.3, 0.4) is 0 Å². The van der Waals surface area contributed by atoms with Gasteiger partial charge in [0.05, 0.1) is 7.11 Å². The van der Waals surface area contributed by atoms with Crippen LogP contribution in [0.2, 0.25) is 0 Å². The second kappa shape index (κ2) is 12.4. The van der Waals surface area contributed by atoms with Crippen molar-refractivity contribution in [3.8, 4) is 11.5 Å². The van der Waals surface area contributed by atoms with Crippen molar-refractivity contribution in [2.24, 2.45) is 5.41 Å². The highest BCUT2D eigenvalue weighted by Gasteiger charge is 2.37. The van der Waals surface area contributed by atoms with Gasteiger partial charge in [-0.25, -0.2) is 0 Å². The Morgan fingerprint density at radius 2 is 1.76 bits per heavy atom. The number of benzene rings is 3. The Morgan fingerprint density at radius 3 is 2.59 bits per heavy atom. The van der Waals surface area contributed by atoms with Gasteiger partial charge in [-0.2, -0.15) is 0 Å². The van der Waals surface area contributed by atoms with E-state index in [0.29, 0.717) is 6.61 Å². The summed E-state index contributed by atoms with van der Waals surface area (Å²) in [5.41, 5.74) is 4.59. The predicted molar refractivity (Wildman–Crippen MR) is 164 cm³/mol. The number of hydrogen-bond donors (Lipinski definition) is 1. The number of hydrogen-bond acceptors (Lipinski definition) is 4. The molecule has 214 valence electrons. The lowest BCUT2D eigenvalue weighted by atomic mass is 9.73. The Hall–Kier alpha value is -3.77. The smallest absolute Gasteiger partial charge is 0.254 e. The third-order valence-electron chi connectivity index (χ3n) is 9.10. The number of amides is 1. The third kappa shape index (κ3) is 6.28. The Kier molecular flexibility index (Phi) is 8.28. The minimum absolute atomic E-state index is 0.151. The van der Waals surface area contributed by atoms with Gasteiger partial charge in [0.15, 0.2) is 0 Å². The number of carbonyl (C=O) groups is 1. The summed E-state index contributed by atoms with van der Waals surface area (Å²) in [6.07, 6.45) is 8.53. The van der Waals surface area contributed by atoms with E-state index in [-0.39, 0.29) is 11.3 Å². The molecule has 1 aromatic heterocycles. The zero-order chi connectivity index (χ0) is 28.1. The number of para-hydroxylation sites is 1. The molecule has 6 rings (SSSR count). The van der Waals surface area contributed by atoms with Crippen molar-refractivity contribution >= 4 is 16.8 Å². The second-order valence-corrected chi connectivity index (χ2v) is 11.8. The number of piperidine rings is 1. The van der Waals surface area contributed by atoms with E-state index < -0.39 is 0 Å². The maximum Gasteiger partial charge on any atom is 0.254 e. The highest BCUT2D eigenvalue weighted by molar-refractivity contribution is 6.06. The van der Waals surface area contributed by atoms with Crippen molar-refractivity contribution in [2.75, 3.05) is 39.9 Å². The van der Waals surface area contributed by atoms with Crippen molar-refractivity contribution in [3.63, 3.8) is 0 Å². The van der Waals surface area contributed by atoms with E-state index in [1.165, 1.54) is 24.0 Å². The van der Waals surface area contributed by atoms with E-state index in [9.17, 15) is 4.79 Å². The zero-order valence-electron chi connectivity index (χ0n) is 24.1. The highest BCUT2D eigenvalue weighted by atomic mass is 16.5. The highest BCUT2D eigenvalue weighted by Crippen LogP contribution is 2.39. The molecular formula is C35H41N3O3. The van der Waals surface area contributed by atoms with E-state index in [2.05, 4.69) is 51.2 Å². The number of fused-ring (bicyclic) bond motifs is 2. The topological polar surface area (TPSA) is 57.8 Å². The number of aromatic amines is 1. The monoisotopic (exact) mass is 551 g/mol. The molecule has 6 heteroatoms. The molecule has 2 aliphatic heterocycles. The van der Waals surface area contributed by atoms with E-state index in [0.717, 1.165) is 86.4 Å². The molecule has 0 radical (unpaired) electrons. The Morgan fingerprint density at radius 1 is 0.927 bits per heavy atom. The van der Waals surface area contributed by atoms with Gasteiger partial charge < -0.3 is 19.4 Å². The fraction of sp³-hybridized carbons (Fsp3) is 0.400. The van der Waals surface area contributed by atoms with Crippen molar-refractivity contribution < 1.29 is 14.3 Å². The number of nitrogens with one attached hydrogen (secondary N) is 1. The lowest BCUT2D eigenvalue weighted by Crippen LogP contribution is -2.48. The van der Waals surface area contributed by atoms with Crippen molar-refractivity contribution in [2.45, 2.75) is 45.1 Å². The van der Waals surface area contributed by atoms with Crippen LogP contribution in [0.1, 0.15) is 53.6 Å². The van der Waals surface area contributed by atoms with Crippen molar-refractivity contribution in [3.05, 3.63) is 95.7 Å². The van der Waals surface area contributed by atoms with Crippen LogP contribution in [-0.2, 0) is 13.0 Å². The summed E-state index contributed by atoms with van der Waals surface area (Å²) in [5, 5.41) is 1.01. The second-order valence-electron chi connectivity index (χ2n) is 11.8. The van der Waals surface area contributed by atoms with E-state index in [1.807, 2.05) is 42.6 Å². The summed E-state index contributed by atoms with van der Waals surface area (Å²) in [4.78, 5) is 21.5. The van der Waals surface area contributed by atoms with Gasteiger partial charge in [-0.05, 0) is 85.0 Å². The molecule has 0 saturated carbocycles. The molecule has 1 spiro atoms. The Bertz CT molecular complexity index is 1450. The number of aryl methyl sites for hydroxylation is 1. The average molecular weight is 552 g/mol. The molecule has 0 aliphatic carbocycles. The molecule has 3 aromatic carbocycles. The summed E-state index contributed by atoms with van der Waals surface area (Å²) in [6.45, 7) is 5.01. The normalized spacial score (nSPS) is 18.2. The van der Waals surface area contributed by atoms with Gasteiger partial charge in [-0.3, -0.25) is 9.69 Å². The molecule has 3 heterocycles. The van der Waals surface area contributed by atoms with Crippen LogP contribution in [0.5, 0.6) is 11.5 Å². The van der Waals surface area contributed by atoms with Crippen LogP contribution < -0.4 is 9.47 Å². The molecule has 4 aromatic rings. The number of ether oxygens (including phenoxy) is 2. The van der Waals surface area contributed by atoms with Gasteiger partial charge in [-0.1, -0.05) is 42.8 Å². The van der Waals surface area contributed by atoms with Crippen molar-refractivity contribution in [1.29, 1.82) is 0 Å². The summed E-state index contributed by atoms with van der Waals surface area (Å²) in [6, 6.07) is 24.9. The molecule has 2 aliphatic rings. The summed E-state index contributed by atoms with van der Waals surface area (Å²) < 4.78 is 11.7. The Balaban J connectivity index is 1.20. The summed E-state index contributed by atoms with van der Waals surface area (Å²) >= 11 is 0. The first-order valence-electron chi connectivity index (χ1n) is 15.0. The maximum atomic E-state index is 13.6. The average Bonchev–Trinajstić information content (AvgIpc) is 3.49. The zero-order valence-corrected chi connectivity index (χ0v) is 24.1. The van der Waals surface area contributed by atoms with Gasteiger partial charge in [0.25, 0.3) is 5.91 Å². The molecule has 0 atom stereocenters. The number of aromatic nitrogens is 1. The molecule has 1 N–H and O–H groups in total. The molecule has 0 bridgehead atoms. The number of H-pyrrole nitrogens is 1. The fourth-order valence-electron chi connectivity index (χ4n) is 6.74. The van der Waals surface area contributed by atoms with Crippen LogP contribution in [-0.4, -0.2) is 60.6 Å². The molecular weight excluding hydrogens is 510 g/mol. The molecule has 1 saturated heterocycles. The van der Waals surface area contributed by atoms with E-state index in [4.69, 9.17) is 9.47 Å². The van der Waals surface area contributed by atoms with Crippen LogP contribution in [0.15, 0.2) is 79.0 Å². The number of nitrogens with zero attached hydrogens (tertiary/aromatic N) is 2. The Labute approximate surface area is 243 Å². The number of rotatable bonds is 4. The van der Waals surface area contributed by atoms with Gasteiger partial charge in [0.2, 0.25) is 0 Å². The fourth-order valence-corrected chi connectivity index (χ4v) is 6.74.